The number of fused-ring (bicyclic) bond motifs is 1. The van der Waals surface area contributed by atoms with Crippen molar-refractivity contribution >= 4 is 41.0 Å². The van der Waals surface area contributed by atoms with E-state index in [-0.39, 0.29) is 0 Å². The van der Waals surface area contributed by atoms with Crippen LogP contribution in [0.1, 0.15) is 11.3 Å². The van der Waals surface area contributed by atoms with Crippen LogP contribution in [-0.4, -0.2) is 36.0 Å². The number of nitrogens with one attached hydrogen (secondary N) is 1. The van der Waals surface area contributed by atoms with Gasteiger partial charge in [0.2, 0.25) is 0 Å². The Morgan fingerprint density at radius 3 is 2.81 bits per heavy atom. The van der Waals surface area contributed by atoms with Gasteiger partial charge in [0, 0.05) is 0 Å². The molecule has 82 valence electrons. The molecule has 1 aromatic heterocycles. The van der Waals surface area contributed by atoms with Crippen LogP contribution in [-0.2, 0) is 0 Å². The minimum atomic E-state index is 0.790. The second kappa shape index (κ2) is 4.62. The van der Waals surface area contributed by atoms with Gasteiger partial charge in [-0.2, -0.15) is 0 Å². The topological polar surface area (TPSA) is 51.0 Å². The molecule has 0 fully saturated rings. The first kappa shape index (κ1) is 11.7. The second-order valence-electron chi connectivity index (χ2n) is 3.92. The number of hydrogen-bond donors (Lipinski definition) is 2. The summed E-state index contributed by atoms with van der Waals surface area (Å²) in [7, 11) is 0. The predicted molar refractivity (Wildman–Crippen MR) is 68.2 cm³/mol. The molecule has 2 radical (unpaired) electrons. The van der Waals surface area contributed by atoms with Crippen molar-refractivity contribution in [3.63, 3.8) is 0 Å². The van der Waals surface area contributed by atoms with E-state index in [1.807, 2.05) is 12.1 Å². The van der Waals surface area contributed by atoms with E-state index in [9.17, 15) is 0 Å². The Bertz CT molecular complexity index is 519. The van der Waals surface area contributed by atoms with Crippen molar-refractivity contribution < 1.29 is 4.74 Å². The van der Waals surface area contributed by atoms with Crippen molar-refractivity contribution in [2.45, 2.75) is 18.0 Å². The molecule has 4 heteroatoms. The number of hydrogen-bond acceptors (Lipinski definition) is 2. The molecule has 0 saturated carbocycles. The van der Waals surface area contributed by atoms with Crippen molar-refractivity contribution in [2.75, 3.05) is 12.3 Å². The van der Waals surface area contributed by atoms with E-state index < -0.39 is 0 Å². The standard InChI is InChI=1S/C12H15N2O.In/c1-4-15-10-6-5-9(13)11-7(2)8(3)14-12(10)11;/h5-6,14H,1,4,13H2,2-3H3;. The van der Waals surface area contributed by atoms with E-state index in [1.54, 1.807) is 0 Å². The Morgan fingerprint density at radius 2 is 2.12 bits per heavy atom. The van der Waals surface area contributed by atoms with Gasteiger partial charge in [-0.1, -0.05) is 0 Å². The third kappa shape index (κ3) is 1.91. The van der Waals surface area contributed by atoms with E-state index >= 15 is 0 Å². The van der Waals surface area contributed by atoms with Crippen LogP contribution in [0.5, 0.6) is 5.75 Å². The van der Waals surface area contributed by atoms with E-state index in [2.05, 4.69) is 18.8 Å². The van der Waals surface area contributed by atoms with Crippen molar-refractivity contribution in [3.8, 4) is 5.75 Å². The summed E-state index contributed by atoms with van der Waals surface area (Å²) >= 11 is 1.23. The molecule has 2 rings (SSSR count). The fraction of sp³-hybridized carbons (Fsp3) is 0.333. The van der Waals surface area contributed by atoms with Gasteiger partial charge in [0.15, 0.2) is 0 Å². The number of nitrogens with two attached hydrogens (primary N) is 1. The quantitative estimate of drug-likeness (QED) is 0.854. The first-order chi connectivity index (χ1) is 7.65. The van der Waals surface area contributed by atoms with Gasteiger partial charge >= 0.3 is 110 Å². The molecule has 16 heavy (non-hydrogen) atoms. The van der Waals surface area contributed by atoms with Crippen molar-refractivity contribution in [2.24, 2.45) is 0 Å². The maximum absolute atomic E-state index is 6.00. The number of aryl methyl sites for hydroxylation is 2. The van der Waals surface area contributed by atoms with Gasteiger partial charge in [-0.15, -0.1) is 0 Å². The van der Waals surface area contributed by atoms with E-state index in [1.165, 1.54) is 29.9 Å². The van der Waals surface area contributed by atoms with Crippen molar-refractivity contribution in [3.05, 3.63) is 23.4 Å². The summed E-state index contributed by atoms with van der Waals surface area (Å²) in [5.74, 6) is 0.912. The van der Waals surface area contributed by atoms with E-state index in [0.717, 1.165) is 38.8 Å². The summed E-state index contributed by atoms with van der Waals surface area (Å²) < 4.78 is 6.87. The molecule has 3 nitrogen and oxygen atoms in total. The molecule has 0 aliphatic heterocycles. The predicted octanol–water partition coefficient (Wildman–Crippen LogP) is 2.33. The summed E-state index contributed by atoms with van der Waals surface area (Å²) in [4.78, 5) is 3.35. The van der Waals surface area contributed by atoms with Crippen LogP contribution in [0.2, 0.25) is 4.18 Å². The van der Waals surface area contributed by atoms with E-state index in [4.69, 9.17) is 10.5 Å². The molecule has 1 aromatic carbocycles. The first-order valence-electron chi connectivity index (χ1n) is 5.35. The summed E-state index contributed by atoms with van der Waals surface area (Å²) in [5, 5.41) is 1.10. The number of H-pyrrole nitrogens is 1. The molecule has 3 N–H and O–H groups in total. The Labute approximate surface area is 110 Å². The van der Waals surface area contributed by atoms with Crippen LogP contribution in [0, 0.1) is 13.8 Å². The fourth-order valence-electron chi connectivity index (χ4n) is 1.89. The third-order valence-corrected chi connectivity index (χ3v) is 3.50. The minimum absolute atomic E-state index is 0.790. The van der Waals surface area contributed by atoms with Gasteiger partial charge in [-0.3, -0.25) is 0 Å². The van der Waals surface area contributed by atoms with Crippen LogP contribution in [0.15, 0.2) is 12.1 Å². The molecule has 0 spiro atoms. The van der Waals surface area contributed by atoms with Crippen LogP contribution in [0.3, 0.4) is 0 Å². The average Bonchev–Trinajstić information content (AvgIpc) is 2.56. The molecule has 0 bridgehead atoms. The van der Waals surface area contributed by atoms with Crippen LogP contribution in [0.25, 0.3) is 10.9 Å². The van der Waals surface area contributed by atoms with Crippen molar-refractivity contribution in [1.29, 1.82) is 0 Å². The Kier molecular flexibility index (Phi) is 3.38. The molecule has 0 atom stereocenters. The Hall–Kier alpha value is -0.770. The number of aromatic amines is 1. The average molecular weight is 318 g/mol. The number of benzene rings is 1. The summed E-state index contributed by atoms with van der Waals surface area (Å²) in [6.07, 6.45) is 0. The van der Waals surface area contributed by atoms with Gasteiger partial charge < -0.3 is 0 Å². The van der Waals surface area contributed by atoms with Crippen LogP contribution < -0.4 is 10.5 Å². The van der Waals surface area contributed by atoms with Gasteiger partial charge in [0.1, 0.15) is 0 Å². The van der Waals surface area contributed by atoms with Crippen LogP contribution >= 0.6 is 0 Å². The summed E-state index contributed by atoms with van der Waals surface area (Å²) in [5.41, 5.74) is 10.2. The zero-order valence-electron chi connectivity index (χ0n) is 9.63. The molecule has 2 aromatic rings. The number of nitrogen functional groups attached to an aromatic ring is 1. The molecule has 0 aliphatic rings. The number of anilines is 1. The van der Waals surface area contributed by atoms with E-state index in [0.29, 0.717) is 0 Å². The molecule has 0 unspecified atom stereocenters. The number of aromatic nitrogens is 1. The monoisotopic (exact) mass is 318 g/mol. The maximum atomic E-state index is 6.00. The molecular formula is C12H15InN2O. The first-order valence-corrected chi connectivity index (χ1v) is 7.68. The fourth-order valence-corrected chi connectivity index (χ4v) is 2.22. The van der Waals surface area contributed by atoms with Gasteiger partial charge in [-0.05, 0) is 0 Å². The van der Waals surface area contributed by atoms with Gasteiger partial charge in [0.25, 0.3) is 0 Å². The molecule has 1 heterocycles. The summed E-state index contributed by atoms with van der Waals surface area (Å²) in [6, 6.07) is 3.87. The molecular weight excluding hydrogens is 303 g/mol. The zero-order valence-corrected chi connectivity index (χ0v) is 12.9. The molecule has 0 saturated heterocycles. The SMILES string of the molecule is Cc1[nH]c2c(OC[CH2][In])ccc(N)c2c1C. The van der Waals surface area contributed by atoms with Gasteiger partial charge in [0.05, 0.1) is 0 Å². The van der Waals surface area contributed by atoms with Crippen molar-refractivity contribution in [1.82, 2.24) is 4.98 Å². The third-order valence-electron chi connectivity index (χ3n) is 2.82. The number of rotatable bonds is 3. The second-order valence-corrected chi connectivity index (χ2v) is 5.56. The zero-order chi connectivity index (χ0) is 11.7. The number of ether oxygens (including phenoxy) is 1. The Morgan fingerprint density at radius 1 is 1.38 bits per heavy atom. The Balaban J connectivity index is 2.60. The molecule has 0 aliphatic carbocycles. The van der Waals surface area contributed by atoms with Crippen LogP contribution in [0.4, 0.5) is 5.69 Å². The normalized spacial score (nSPS) is 10.9. The molecule has 0 amide bonds. The van der Waals surface area contributed by atoms with Gasteiger partial charge in [-0.25, -0.2) is 0 Å². The summed E-state index contributed by atoms with van der Waals surface area (Å²) in [6.45, 7) is 4.93.